The Kier molecular flexibility index (Phi) is 48.0. The van der Waals surface area contributed by atoms with Gasteiger partial charge in [-0.25, -0.2) is 24.7 Å². The van der Waals surface area contributed by atoms with Crippen molar-refractivity contribution in [1.82, 2.24) is 55.8 Å². The molecule has 135 heavy (non-hydrogen) atoms. The minimum atomic E-state index is -0.358. The first-order valence-electron chi connectivity index (χ1n) is 50.0. The molecular formula is C111H167N19O5. The van der Waals surface area contributed by atoms with E-state index in [0.717, 1.165) is 163 Å². The molecule has 5 aliphatic heterocycles. The Balaban J connectivity index is 0.000000213. The number of alkyl carbamates (subject to hydrolysis) is 1. The van der Waals surface area contributed by atoms with Crippen LogP contribution in [0.15, 0.2) is 177 Å². The second-order valence-corrected chi connectivity index (χ2v) is 40.2. The van der Waals surface area contributed by atoms with Crippen molar-refractivity contribution in [2.45, 2.75) is 306 Å². The van der Waals surface area contributed by atoms with Gasteiger partial charge in [0.1, 0.15) is 41.4 Å². The maximum Gasteiger partial charge on any atom is 0.407 e. The van der Waals surface area contributed by atoms with Crippen molar-refractivity contribution >= 4 is 46.8 Å². The van der Waals surface area contributed by atoms with E-state index in [1.807, 2.05) is 106 Å². The Morgan fingerprint density at radius 2 is 0.970 bits per heavy atom. The van der Waals surface area contributed by atoms with E-state index in [9.17, 15) is 19.2 Å². The molecule has 3 unspecified atom stereocenters. The van der Waals surface area contributed by atoms with Crippen LogP contribution >= 0.6 is 0 Å². The number of piperidine rings is 4. The predicted octanol–water partition coefficient (Wildman–Crippen LogP) is 20.2. The number of ketones is 2. The highest BCUT2D eigenvalue weighted by molar-refractivity contribution is 5.92. The summed E-state index contributed by atoms with van der Waals surface area (Å²) in [7, 11) is 0. The standard InChI is InChI=1S/C21H27N3O2.C16H26N4O.C15H24N2O.2C13H21N3.C12H18N2.C11H15NO.C10H15N/c1-16(2)18-10-11-20(22-13-18)24-12-6-9-19(14-24)23-21(25)26-15-17-7-4-3-5-8-17;1-12(2)14-3-4-15(19-11-14)20-9-5-13(6-10-20)16(21)18-8-7-17;1-10(2)13-7-12(8-17-9-13)5-6-14(18)15(16)11(3)4;1-10(2)11-3-4-13(15-9-11)16-7-5-12(14)6-8-16;1-10(2)11-5-6-13(15-8-11)16-7-3-4-12(14)9-16;1-9(2)11-5-12(8-14-7-11)10-3-4-13-6-10;1-8(13)10-6-5-9(7-12-10)11(2,3)4;1-4-10-6-5-9(7-11-10)8(2)3/h3-5,7-8,10-11,13,16,19H,6,9,12,14-15H2,1-2H3,(H,23,25);3-4,11-13H,5-10,17H2,1-2H3,(H,18,21);7-11,15H,5-6,16H2,1-4H3;3-4,9-10,12H,5-8,14H2,1-2H3;5-6,8,10,12H,3-4,7,9,14H2,1-2H3;5,7-10,13H,3-4,6H2,1-2H3;5-7H,1-4H3;5-8H,4H2,1-3H3/t;;15-;;;;;/m..0...../s1. The van der Waals surface area contributed by atoms with Gasteiger partial charge in [0.05, 0.1) is 6.04 Å². The van der Waals surface area contributed by atoms with Gasteiger partial charge in [0.25, 0.3) is 0 Å². The lowest BCUT2D eigenvalue weighted by Crippen LogP contribution is -2.48. The SMILES string of the molecule is CC(=O)c1ccc(C(C)(C)C)cn1.CC(C)c1ccc(N2CCC(C(=O)NCCN)CC2)nc1.CC(C)c1ccc(N2CCC(N)CC2)nc1.CC(C)c1ccc(N2CCCC(N)C2)nc1.CC(C)c1ccc(N2CCCC(NC(=O)OCc3ccccc3)C2)nc1.CC(C)c1cncc(C2CCNC2)c1.CC(C)c1cncc(CCC(=O)[C@@H](N)C(C)C)c1.CCc1ccc(C(C)C)cn1. The van der Waals surface area contributed by atoms with Crippen LogP contribution in [0.2, 0.25) is 0 Å². The molecule has 0 saturated carbocycles. The second-order valence-electron chi connectivity index (χ2n) is 40.2. The summed E-state index contributed by atoms with van der Waals surface area (Å²) in [6.45, 7) is 55.7. The molecule has 5 aliphatic rings. The summed E-state index contributed by atoms with van der Waals surface area (Å²) < 4.78 is 5.33. The molecule has 13 heterocycles. The lowest BCUT2D eigenvalue weighted by Gasteiger charge is -2.33. The molecule has 0 bridgehead atoms. The van der Waals surface area contributed by atoms with Crippen LogP contribution in [-0.2, 0) is 39.2 Å². The Hall–Kier alpha value is -10.5. The normalized spacial score (nSPS) is 16.5. The quantitative estimate of drug-likeness (QED) is 0.0261. The van der Waals surface area contributed by atoms with Gasteiger partial charge in [-0.2, -0.15) is 0 Å². The smallest absolute Gasteiger partial charge is 0.407 e. The molecule has 14 rings (SSSR count). The van der Waals surface area contributed by atoms with Crippen molar-refractivity contribution in [1.29, 1.82) is 0 Å². The monoisotopic (exact) mass is 1850 g/mol. The molecule has 24 heteroatoms. The van der Waals surface area contributed by atoms with Crippen LogP contribution in [0.5, 0.6) is 0 Å². The van der Waals surface area contributed by atoms with Gasteiger partial charge in [-0.1, -0.05) is 217 Å². The number of pyridine rings is 8. The van der Waals surface area contributed by atoms with Gasteiger partial charge in [0.15, 0.2) is 5.78 Å². The molecule has 2 amide bonds. The van der Waals surface area contributed by atoms with Crippen molar-refractivity contribution in [3.8, 4) is 0 Å². The van der Waals surface area contributed by atoms with Crippen molar-refractivity contribution in [3.63, 3.8) is 0 Å². The van der Waals surface area contributed by atoms with E-state index >= 15 is 0 Å². The van der Waals surface area contributed by atoms with Crippen LogP contribution < -0.4 is 58.5 Å². The van der Waals surface area contributed by atoms with Crippen molar-refractivity contribution in [2.24, 2.45) is 34.8 Å². The Morgan fingerprint density at radius 1 is 0.489 bits per heavy atom. The maximum absolute atomic E-state index is 12.1. The summed E-state index contributed by atoms with van der Waals surface area (Å²) >= 11 is 0. The van der Waals surface area contributed by atoms with E-state index in [-0.39, 0.29) is 52.9 Å². The van der Waals surface area contributed by atoms with Crippen molar-refractivity contribution < 1.29 is 23.9 Å². The number of anilines is 4. The number of ether oxygens (including phenoxy) is 1. The van der Waals surface area contributed by atoms with E-state index in [1.165, 1.54) is 70.0 Å². The highest BCUT2D eigenvalue weighted by Crippen LogP contribution is 2.30. The minimum Gasteiger partial charge on any atom is -0.445 e. The largest absolute Gasteiger partial charge is 0.445 e. The Labute approximate surface area is 810 Å². The lowest BCUT2D eigenvalue weighted by molar-refractivity contribution is -0.125. The molecule has 736 valence electrons. The van der Waals surface area contributed by atoms with Crippen molar-refractivity contribution in [2.75, 3.05) is 98.1 Å². The molecule has 8 aromatic heterocycles. The molecule has 9 aromatic rings. The predicted molar refractivity (Wildman–Crippen MR) is 558 cm³/mol. The molecule has 11 N–H and O–H groups in total. The maximum atomic E-state index is 12.1. The van der Waals surface area contributed by atoms with Crippen molar-refractivity contribution in [3.05, 3.63) is 250 Å². The molecular weight excluding hydrogens is 1680 g/mol. The average molecular weight is 1850 g/mol. The average Bonchev–Trinajstić information content (AvgIpc) is 1.34. The van der Waals surface area contributed by atoms with Crippen LogP contribution in [0, 0.1) is 11.8 Å². The number of aryl methyl sites for hydroxylation is 2. The summed E-state index contributed by atoms with van der Waals surface area (Å²) in [4.78, 5) is 91.1. The Bertz CT molecular complexity index is 4830. The highest BCUT2D eigenvalue weighted by Gasteiger charge is 2.28. The van der Waals surface area contributed by atoms with Gasteiger partial charge in [-0.3, -0.25) is 34.3 Å². The Morgan fingerprint density at radius 3 is 1.40 bits per heavy atom. The van der Waals surface area contributed by atoms with E-state index in [1.54, 1.807) is 12.3 Å². The molecule has 4 atom stereocenters. The van der Waals surface area contributed by atoms with Crippen LogP contribution in [0.3, 0.4) is 0 Å². The molecule has 1 aromatic carbocycles. The van der Waals surface area contributed by atoms with E-state index in [2.05, 4.69) is 273 Å². The molecule has 24 nitrogen and oxygen atoms in total. The number of Topliss-reactive ketones (excluding diaryl/α,β-unsaturated/α-hetero) is 2. The molecule has 5 fully saturated rings. The number of carbonyl (C=O) groups excluding carboxylic acids is 4. The van der Waals surface area contributed by atoms with Gasteiger partial charge in [-0.15, -0.1) is 0 Å². The zero-order valence-corrected chi connectivity index (χ0v) is 85.7. The van der Waals surface area contributed by atoms with E-state index in [4.69, 9.17) is 27.7 Å². The van der Waals surface area contributed by atoms with Gasteiger partial charge >= 0.3 is 6.09 Å². The van der Waals surface area contributed by atoms with Crippen LogP contribution in [-0.4, -0.2) is 166 Å². The summed E-state index contributed by atoms with van der Waals surface area (Å²) in [5, 5.41) is 9.26. The fourth-order valence-electron chi connectivity index (χ4n) is 15.7. The van der Waals surface area contributed by atoms with Gasteiger partial charge < -0.3 is 63.2 Å². The molecule has 0 spiro atoms. The number of hydrogen-bond donors (Lipinski definition) is 7. The summed E-state index contributed by atoms with van der Waals surface area (Å²) in [6.07, 6.45) is 30.7. The third-order valence-corrected chi connectivity index (χ3v) is 25.4. The number of benzene rings is 1. The highest BCUT2D eigenvalue weighted by atomic mass is 16.5. The van der Waals surface area contributed by atoms with E-state index < -0.39 is 0 Å². The fourth-order valence-corrected chi connectivity index (χ4v) is 15.7. The number of amides is 2. The third-order valence-electron chi connectivity index (χ3n) is 25.4. The fraction of sp³-hybridized carbons (Fsp3) is 0.550. The summed E-state index contributed by atoms with van der Waals surface area (Å²) in [6, 6.07) is 39.7. The van der Waals surface area contributed by atoms with E-state index in [0.29, 0.717) is 91.2 Å². The lowest BCUT2D eigenvalue weighted by atomic mass is 9.88. The number of nitrogens with two attached hydrogens (primary N) is 4. The number of nitrogens with zero attached hydrogens (tertiary/aromatic N) is 12. The molecule has 0 aliphatic carbocycles. The number of nitrogens with one attached hydrogen (secondary N) is 3. The van der Waals surface area contributed by atoms with Gasteiger partial charge in [0, 0.05) is 177 Å². The first-order valence-corrected chi connectivity index (χ1v) is 50.0. The minimum absolute atomic E-state index is 0.0143. The van der Waals surface area contributed by atoms with Crippen LogP contribution in [0.4, 0.5) is 28.1 Å². The second kappa shape index (κ2) is 58.2. The number of carbonyl (C=O) groups is 4. The first kappa shape index (κ1) is 112. The van der Waals surface area contributed by atoms with Gasteiger partial charge in [0.2, 0.25) is 5.91 Å². The third kappa shape index (κ3) is 39.6. The summed E-state index contributed by atoms with van der Waals surface area (Å²) in [5.41, 5.74) is 38.6. The van der Waals surface area contributed by atoms with Crippen LogP contribution in [0.25, 0.3) is 0 Å². The number of rotatable bonds is 25. The first-order chi connectivity index (χ1) is 64.4. The number of hydrogen-bond acceptors (Lipinski definition) is 22. The molecule has 5 saturated heterocycles. The zero-order valence-electron chi connectivity index (χ0n) is 85.7. The topological polar surface area (TPSA) is 334 Å². The zero-order chi connectivity index (χ0) is 98.7. The van der Waals surface area contributed by atoms with Crippen LogP contribution in [0.1, 0.15) is 334 Å². The summed E-state index contributed by atoms with van der Waals surface area (Å²) in [5.74, 6) is 9.16. The number of aromatic nitrogens is 8. The molecule has 0 radical (unpaired) electrons. The van der Waals surface area contributed by atoms with Gasteiger partial charge in [-0.05, 0) is 233 Å².